The highest BCUT2D eigenvalue weighted by Gasteiger charge is 2.18. The summed E-state index contributed by atoms with van der Waals surface area (Å²) in [6, 6.07) is 0. The molecule has 0 amide bonds. The van der Waals surface area contributed by atoms with E-state index >= 15 is 0 Å². The maximum Gasteiger partial charge on any atom is 0.323 e. The number of carbonyl (C=O) groups is 1. The Morgan fingerprint density at radius 1 is 1.70 bits per heavy atom. The summed E-state index contributed by atoms with van der Waals surface area (Å²) in [7, 11) is 3.38. The van der Waals surface area contributed by atoms with Crippen molar-refractivity contribution in [1.29, 1.82) is 0 Å². The Hall–Kier alpha value is -0.290. The number of hydrogen-bond donors (Lipinski definition) is 2. The van der Waals surface area contributed by atoms with Gasteiger partial charge in [-0.1, -0.05) is 12.2 Å². The zero-order valence-electron chi connectivity index (χ0n) is 5.74. The fraction of sp³-hybridized carbons (Fsp3) is 0.600. The number of nitrogens with zero attached hydrogens (tertiary/aromatic N) is 1. The van der Waals surface area contributed by atoms with E-state index in [-0.39, 0.29) is 0 Å². The maximum absolute atomic E-state index is 10.3. The van der Waals surface area contributed by atoms with E-state index < -0.39 is 11.2 Å². The number of carboxylic acids is 1. The Bertz CT molecular complexity index is 158. The van der Waals surface area contributed by atoms with E-state index in [1.807, 2.05) is 0 Å². The topological polar surface area (TPSA) is 40.5 Å². The minimum Gasteiger partial charge on any atom is -0.480 e. The van der Waals surface area contributed by atoms with Crippen LogP contribution >= 0.6 is 24.8 Å². The summed E-state index contributed by atoms with van der Waals surface area (Å²) in [6.45, 7) is 0. The van der Waals surface area contributed by atoms with Crippen LogP contribution in [0.3, 0.4) is 0 Å². The smallest absolute Gasteiger partial charge is 0.323 e. The molecule has 0 rings (SSSR count). The van der Waals surface area contributed by atoms with Crippen molar-refractivity contribution >= 4 is 35.8 Å². The van der Waals surface area contributed by atoms with Gasteiger partial charge in [-0.15, -0.1) is 0 Å². The van der Waals surface area contributed by atoms with Crippen LogP contribution in [0.15, 0.2) is 0 Å². The minimum absolute atomic E-state index is 0.316. The van der Waals surface area contributed by atoms with Crippen LogP contribution in [-0.2, 0) is 4.79 Å². The van der Waals surface area contributed by atoms with E-state index in [0.29, 0.717) is 4.99 Å². The molecule has 0 aliphatic heterocycles. The molecule has 0 bridgehead atoms. The molecule has 0 aliphatic rings. The lowest BCUT2D eigenvalue weighted by molar-refractivity contribution is -0.135. The molecule has 0 aromatic carbocycles. The third kappa shape index (κ3) is 2.53. The summed E-state index contributed by atoms with van der Waals surface area (Å²) in [6.07, 6.45) is 0. The molecule has 3 nitrogen and oxygen atoms in total. The van der Waals surface area contributed by atoms with Gasteiger partial charge in [0.15, 0.2) is 0 Å². The standard InChI is InChI=1S/C5H9NO2S2/c1-6(2)4(10)3(9)5(7)8/h3,9H,1-2H3,(H,7,8). The van der Waals surface area contributed by atoms with E-state index in [4.69, 9.17) is 17.3 Å². The summed E-state index contributed by atoms with van der Waals surface area (Å²) in [5.74, 6) is -1.01. The van der Waals surface area contributed by atoms with Crippen LogP contribution in [0.25, 0.3) is 0 Å². The molecule has 0 spiro atoms. The second kappa shape index (κ2) is 3.78. The average molecular weight is 179 g/mol. The van der Waals surface area contributed by atoms with E-state index in [1.54, 1.807) is 19.0 Å². The zero-order chi connectivity index (χ0) is 8.31. The minimum atomic E-state index is -1.01. The third-order valence-corrected chi connectivity index (χ3v) is 2.15. The number of carboxylic acid groups (broad SMARTS) is 1. The van der Waals surface area contributed by atoms with Crippen LogP contribution in [0, 0.1) is 0 Å². The lowest BCUT2D eigenvalue weighted by Gasteiger charge is -2.15. The molecular weight excluding hydrogens is 170 g/mol. The number of thiol groups is 1. The predicted octanol–water partition coefficient (Wildman–Crippen LogP) is 0.258. The van der Waals surface area contributed by atoms with Crippen molar-refractivity contribution in [2.45, 2.75) is 5.25 Å². The molecule has 1 unspecified atom stereocenters. The molecule has 0 fully saturated rings. The Morgan fingerprint density at radius 2 is 2.10 bits per heavy atom. The van der Waals surface area contributed by atoms with E-state index in [0.717, 1.165) is 0 Å². The number of aliphatic carboxylic acids is 1. The van der Waals surface area contributed by atoms with Crippen LogP contribution in [0.2, 0.25) is 0 Å². The van der Waals surface area contributed by atoms with E-state index in [1.165, 1.54) is 0 Å². The van der Waals surface area contributed by atoms with Gasteiger partial charge in [0, 0.05) is 14.1 Å². The second-order valence-electron chi connectivity index (χ2n) is 1.97. The largest absolute Gasteiger partial charge is 0.480 e. The summed E-state index contributed by atoms with van der Waals surface area (Å²) in [5.41, 5.74) is 0. The van der Waals surface area contributed by atoms with Crippen molar-refractivity contribution < 1.29 is 9.90 Å². The Kier molecular flexibility index (Phi) is 3.67. The molecule has 0 radical (unpaired) electrons. The van der Waals surface area contributed by atoms with Gasteiger partial charge in [-0.2, -0.15) is 12.6 Å². The molecule has 0 aromatic rings. The number of thiocarbonyl (C=S) groups is 1. The van der Waals surface area contributed by atoms with Crippen molar-refractivity contribution in [2.24, 2.45) is 0 Å². The zero-order valence-corrected chi connectivity index (χ0v) is 7.45. The summed E-state index contributed by atoms with van der Waals surface area (Å²) >= 11 is 8.52. The van der Waals surface area contributed by atoms with Gasteiger partial charge in [0.25, 0.3) is 0 Å². The highest BCUT2D eigenvalue weighted by atomic mass is 32.1. The predicted molar refractivity (Wildman–Crippen MR) is 46.7 cm³/mol. The number of hydrogen-bond acceptors (Lipinski definition) is 3. The van der Waals surface area contributed by atoms with Crippen LogP contribution < -0.4 is 0 Å². The molecule has 58 valence electrons. The quantitative estimate of drug-likeness (QED) is 0.471. The first kappa shape index (κ1) is 9.71. The highest BCUT2D eigenvalue weighted by molar-refractivity contribution is 7.87. The molecular formula is C5H9NO2S2. The van der Waals surface area contributed by atoms with Crippen molar-refractivity contribution in [3.05, 3.63) is 0 Å². The molecule has 0 aliphatic carbocycles. The molecule has 1 atom stereocenters. The molecule has 0 heterocycles. The number of rotatable bonds is 2. The lowest BCUT2D eigenvalue weighted by Crippen LogP contribution is -2.33. The van der Waals surface area contributed by atoms with E-state index in [2.05, 4.69) is 12.6 Å². The first-order chi connectivity index (χ1) is 4.46. The Balaban J connectivity index is 4.08. The van der Waals surface area contributed by atoms with Crippen LogP contribution in [0.5, 0.6) is 0 Å². The van der Waals surface area contributed by atoms with Crippen LogP contribution in [0.1, 0.15) is 0 Å². The normalized spacial score (nSPS) is 12.3. The summed E-state index contributed by atoms with van der Waals surface area (Å²) < 4.78 is 0. The average Bonchev–Trinajstić information content (AvgIpc) is 1.84. The molecule has 0 saturated heterocycles. The van der Waals surface area contributed by atoms with Crippen LogP contribution in [-0.4, -0.2) is 40.3 Å². The van der Waals surface area contributed by atoms with Gasteiger partial charge in [0.2, 0.25) is 0 Å². The molecule has 5 heteroatoms. The van der Waals surface area contributed by atoms with Gasteiger partial charge in [-0.25, -0.2) is 0 Å². The van der Waals surface area contributed by atoms with Crippen LogP contribution in [0.4, 0.5) is 0 Å². The van der Waals surface area contributed by atoms with Crippen molar-refractivity contribution in [1.82, 2.24) is 4.90 Å². The monoisotopic (exact) mass is 179 g/mol. The van der Waals surface area contributed by atoms with Crippen molar-refractivity contribution in [2.75, 3.05) is 14.1 Å². The van der Waals surface area contributed by atoms with Gasteiger partial charge in [-0.05, 0) is 0 Å². The Morgan fingerprint density at radius 3 is 2.20 bits per heavy atom. The van der Waals surface area contributed by atoms with E-state index in [9.17, 15) is 4.79 Å². The maximum atomic E-state index is 10.3. The first-order valence-corrected chi connectivity index (χ1v) is 3.51. The van der Waals surface area contributed by atoms with Crippen molar-refractivity contribution in [3.63, 3.8) is 0 Å². The fourth-order valence-electron chi connectivity index (χ4n) is 0.350. The summed E-state index contributed by atoms with van der Waals surface area (Å²) in [5, 5.41) is 7.54. The molecule has 10 heavy (non-hydrogen) atoms. The summed E-state index contributed by atoms with van der Waals surface area (Å²) in [4.78, 5) is 12.1. The highest BCUT2D eigenvalue weighted by Crippen LogP contribution is 2.00. The SMILES string of the molecule is CN(C)C(=S)C(S)C(=O)O. The van der Waals surface area contributed by atoms with Gasteiger partial charge in [0.05, 0.1) is 0 Å². The molecule has 0 saturated carbocycles. The molecule has 0 aromatic heterocycles. The fourth-order valence-corrected chi connectivity index (χ4v) is 0.682. The van der Waals surface area contributed by atoms with Gasteiger partial charge < -0.3 is 10.0 Å². The third-order valence-electron chi connectivity index (χ3n) is 0.909. The van der Waals surface area contributed by atoms with Gasteiger partial charge in [-0.3, -0.25) is 4.79 Å². The molecule has 1 N–H and O–H groups in total. The Labute approximate surface area is 70.4 Å². The van der Waals surface area contributed by atoms with Crippen molar-refractivity contribution in [3.8, 4) is 0 Å². The van der Waals surface area contributed by atoms with Gasteiger partial charge in [0.1, 0.15) is 10.2 Å². The van der Waals surface area contributed by atoms with Gasteiger partial charge >= 0.3 is 5.97 Å². The second-order valence-corrected chi connectivity index (χ2v) is 2.91. The first-order valence-electron chi connectivity index (χ1n) is 2.59. The lowest BCUT2D eigenvalue weighted by atomic mass is 10.4.